The predicted molar refractivity (Wildman–Crippen MR) is 116 cm³/mol. The molecule has 1 aromatic heterocycles. The Morgan fingerprint density at radius 2 is 1.97 bits per heavy atom. The molecular formula is C24H23F3NO2S+. The number of carbonyl (C=O) groups is 1. The molecule has 3 nitrogen and oxygen atoms in total. The van der Waals surface area contributed by atoms with Crippen LogP contribution in [0.2, 0.25) is 0 Å². The summed E-state index contributed by atoms with van der Waals surface area (Å²) in [6.45, 7) is 1.67. The van der Waals surface area contributed by atoms with Crippen molar-refractivity contribution in [2.75, 3.05) is 13.7 Å². The molecule has 1 aliphatic heterocycles. The molecule has 4 rings (SSSR count). The molecule has 0 saturated carbocycles. The highest BCUT2D eigenvalue weighted by molar-refractivity contribution is 7.21. The molecule has 2 heterocycles. The van der Waals surface area contributed by atoms with Gasteiger partial charge in [0.2, 0.25) is 0 Å². The van der Waals surface area contributed by atoms with Crippen LogP contribution in [0.15, 0.2) is 48.5 Å². The summed E-state index contributed by atoms with van der Waals surface area (Å²) >= 11 is 1.18. The Labute approximate surface area is 182 Å². The Kier molecular flexibility index (Phi) is 6.41. The van der Waals surface area contributed by atoms with E-state index in [4.69, 9.17) is 4.74 Å². The first-order chi connectivity index (χ1) is 15.0. The lowest BCUT2D eigenvalue weighted by Gasteiger charge is -2.19. The molecule has 31 heavy (non-hydrogen) atoms. The van der Waals surface area contributed by atoms with Crippen LogP contribution in [0.3, 0.4) is 0 Å². The highest BCUT2D eigenvalue weighted by atomic mass is 32.1. The second kappa shape index (κ2) is 9.22. The summed E-state index contributed by atoms with van der Waals surface area (Å²) in [6.07, 6.45) is -1.66. The van der Waals surface area contributed by atoms with Gasteiger partial charge in [-0.3, -0.25) is 0 Å². The molecule has 0 fully saturated rings. The second-order valence-corrected chi connectivity index (χ2v) is 8.74. The van der Waals surface area contributed by atoms with Gasteiger partial charge >= 0.3 is 5.97 Å². The van der Waals surface area contributed by atoms with Gasteiger partial charge in [-0.15, -0.1) is 11.3 Å². The Balaban J connectivity index is 1.65. The van der Waals surface area contributed by atoms with Crippen LogP contribution in [-0.4, -0.2) is 36.8 Å². The van der Waals surface area contributed by atoms with E-state index in [0.29, 0.717) is 9.58 Å². The lowest BCUT2D eigenvalue weighted by Crippen LogP contribution is -2.23. The SMILES string of the molecule is COC(=O)c1sc2cc(C(F)C(F)F)ccc2c1C1CC=[N+](Cc2ccccc2)CC1. The molecule has 0 saturated heterocycles. The van der Waals surface area contributed by atoms with E-state index in [1.165, 1.54) is 36.1 Å². The molecule has 162 valence electrons. The van der Waals surface area contributed by atoms with Crippen molar-refractivity contribution in [1.29, 1.82) is 0 Å². The minimum absolute atomic E-state index is 0.0732. The van der Waals surface area contributed by atoms with Gasteiger partial charge in [0.15, 0.2) is 12.7 Å². The number of nitrogens with zero attached hydrogens (tertiary/aromatic N) is 1. The van der Waals surface area contributed by atoms with Gasteiger partial charge < -0.3 is 4.74 Å². The molecule has 0 radical (unpaired) electrons. The van der Waals surface area contributed by atoms with E-state index in [1.807, 2.05) is 18.2 Å². The summed E-state index contributed by atoms with van der Waals surface area (Å²) in [7, 11) is 1.32. The third kappa shape index (κ3) is 4.51. The van der Waals surface area contributed by atoms with E-state index in [0.717, 1.165) is 36.9 Å². The third-order valence-electron chi connectivity index (χ3n) is 5.71. The zero-order valence-corrected chi connectivity index (χ0v) is 17.9. The van der Waals surface area contributed by atoms with E-state index in [2.05, 4.69) is 22.9 Å². The Morgan fingerprint density at radius 3 is 2.61 bits per heavy atom. The smallest absolute Gasteiger partial charge is 0.348 e. The van der Waals surface area contributed by atoms with Crippen molar-refractivity contribution in [2.45, 2.75) is 37.9 Å². The minimum Gasteiger partial charge on any atom is -0.465 e. The molecule has 7 heteroatoms. The molecule has 2 aromatic carbocycles. The molecular weight excluding hydrogens is 423 g/mol. The number of fused-ring (bicyclic) bond motifs is 1. The molecule has 0 spiro atoms. The molecule has 2 atom stereocenters. The summed E-state index contributed by atoms with van der Waals surface area (Å²) in [5.41, 5.74) is 2.04. The summed E-state index contributed by atoms with van der Waals surface area (Å²) in [4.78, 5) is 12.9. The summed E-state index contributed by atoms with van der Waals surface area (Å²) in [6, 6.07) is 14.7. The number of hydrogen-bond donors (Lipinski definition) is 0. The fraction of sp³-hybridized carbons (Fsp3) is 0.333. The van der Waals surface area contributed by atoms with E-state index >= 15 is 0 Å². The number of benzene rings is 2. The van der Waals surface area contributed by atoms with Crippen LogP contribution in [0.4, 0.5) is 13.2 Å². The maximum Gasteiger partial charge on any atom is 0.348 e. The molecule has 0 N–H and O–H groups in total. The molecule has 3 aromatic rings. The first kappa shape index (κ1) is 21.6. The average molecular weight is 447 g/mol. The van der Waals surface area contributed by atoms with Gasteiger partial charge in [0.25, 0.3) is 6.43 Å². The van der Waals surface area contributed by atoms with E-state index in [9.17, 15) is 18.0 Å². The summed E-state index contributed by atoms with van der Waals surface area (Å²) < 4.78 is 47.3. The standard InChI is InChI=1S/C24H23F3NO2S/c1-30-24(29)22-20(18-8-7-17(13-19(18)31-22)21(25)23(26)27)16-9-11-28(12-10-16)14-15-5-3-2-4-6-15/h2-8,11,13,16,21,23H,9-10,12,14H2,1H3/q+1. The lowest BCUT2D eigenvalue weighted by molar-refractivity contribution is -0.545. The first-order valence-corrected chi connectivity index (χ1v) is 11.0. The lowest BCUT2D eigenvalue weighted by atomic mass is 9.88. The van der Waals surface area contributed by atoms with Crippen LogP contribution in [0.25, 0.3) is 10.1 Å². The summed E-state index contributed by atoms with van der Waals surface area (Å²) in [5, 5.41) is 0.811. The number of carbonyl (C=O) groups excluding carboxylic acids is 1. The van der Waals surface area contributed by atoms with Crippen LogP contribution >= 0.6 is 11.3 Å². The Hall–Kier alpha value is -2.67. The summed E-state index contributed by atoms with van der Waals surface area (Å²) in [5.74, 6) is -0.341. The van der Waals surface area contributed by atoms with Crippen molar-refractivity contribution in [3.05, 3.63) is 70.1 Å². The van der Waals surface area contributed by atoms with Crippen molar-refractivity contribution in [2.24, 2.45) is 0 Å². The molecule has 0 bridgehead atoms. The molecule has 0 amide bonds. The van der Waals surface area contributed by atoms with Crippen LogP contribution in [-0.2, 0) is 11.3 Å². The highest BCUT2D eigenvalue weighted by Crippen LogP contribution is 2.41. The van der Waals surface area contributed by atoms with Crippen molar-refractivity contribution in [1.82, 2.24) is 0 Å². The Bertz CT molecular complexity index is 1110. The normalized spacial score (nSPS) is 17.6. The topological polar surface area (TPSA) is 29.3 Å². The number of alkyl halides is 3. The third-order valence-corrected chi connectivity index (χ3v) is 6.86. The van der Waals surface area contributed by atoms with Gasteiger partial charge in [-0.05, 0) is 22.6 Å². The van der Waals surface area contributed by atoms with E-state index < -0.39 is 18.6 Å². The largest absolute Gasteiger partial charge is 0.465 e. The maximum atomic E-state index is 13.8. The van der Waals surface area contributed by atoms with E-state index in [-0.39, 0.29) is 11.5 Å². The highest BCUT2D eigenvalue weighted by Gasteiger charge is 2.30. The number of esters is 1. The van der Waals surface area contributed by atoms with Crippen molar-refractivity contribution < 1.29 is 27.3 Å². The number of ether oxygens (including phenoxy) is 1. The second-order valence-electron chi connectivity index (χ2n) is 7.69. The predicted octanol–water partition coefficient (Wildman–Crippen LogP) is 6.12. The zero-order chi connectivity index (χ0) is 22.0. The van der Waals surface area contributed by atoms with Crippen molar-refractivity contribution in [3.8, 4) is 0 Å². The number of rotatable bonds is 6. The van der Waals surface area contributed by atoms with Crippen LogP contribution < -0.4 is 0 Å². The Morgan fingerprint density at radius 1 is 1.19 bits per heavy atom. The van der Waals surface area contributed by atoms with Gasteiger partial charge in [-0.25, -0.2) is 22.5 Å². The molecule has 2 unspecified atom stereocenters. The van der Waals surface area contributed by atoms with Crippen molar-refractivity contribution in [3.63, 3.8) is 0 Å². The average Bonchev–Trinajstić information content (AvgIpc) is 3.18. The van der Waals surface area contributed by atoms with E-state index in [1.54, 1.807) is 6.07 Å². The van der Waals surface area contributed by atoms with Crippen LogP contribution in [0.5, 0.6) is 0 Å². The fourth-order valence-corrected chi connectivity index (χ4v) is 5.39. The van der Waals surface area contributed by atoms with Crippen LogP contribution in [0, 0.1) is 0 Å². The number of methoxy groups -OCH3 is 1. The quantitative estimate of drug-likeness (QED) is 0.337. The van der Waals surface area contributed by atoms with Gasteiger partial charge in [-0.2, -0.15) is 0 Å². The van der Waals surface area contributed by atoms with Gasteiger partial charge in [0.1, 0.15) is 17.6 Å². The van der Waals surface area contributed by atoms with Gasteiger partial charge in [-0.1, -0.05) is 42.5 Å². The fourth-order valence-electron chi connectivity index (χ4n) is 4.13. The van der Waals surface area contributed by atoms with Gasteiger partial charge in [0.05, 0.1) is 7.11 Å². The zero-order valence-electron chi connectivity index (χ0n) is 17.1. The molecule has 1 aliphatic rings. The first-order valence-electron chi connectivity index (χ1n) is 10.2. The number of halogens is 3. The maximum absolute atomic E-state index is 13.8. The van der Waals surface area contributed by atoms with Crippen LogP contribution in [0.1, 0.15) is 51.3 Å². The van der Waals surface area contributed by atoms with Crippen molar-refractivity contribution >= 4 is 33.6 Å². The monoisotopic (exact) mass is 446 g/mol. The molecule has 0 aliphatic carbocycles. The minimum atomic E-state index is -3.08. The van der Waals surface area contributed by atoms with Gasteiger partial charge in [0, 0.05) is 29.0 Å². The number of thiophene rings is 1. The number of hydrogen-bond acceptors (Lipinski definition) is 3.